The van der Waals surface area contributed by atoms with Crippen molar-refractivity contribution in [3.8, 4) is 5.75 Å². The number of amides is 5. The van der Waals surface area contributed by atoms with Gasteiger partial charge in [-0.3, -0.25) is 4.79 Å². The minimum absolute atomic E-state index is 0.131. The Kier molecular flexibility index (Phi) is 10.5. The van der Waals surface area contributed by atoms with Crippen LogP contribution in [0.5, 0.6) is 5.75 Å². The van der Waals surface area contributed by atoms with Gasteiger partial charge >= 0.3 is 12.1 Å². The lowest BCUT2D eigenvalue weighted by atomic mass is 9.95. The summed E-state index contributed by atoms with van der Waals surface area (Å²) < 4.78 is 6.54. The van der Waals surface area contributed by atoms with Crippen molar-refractivity contribution >= 4 is 23.7 Å². The minimum Gasteiger partial charge on any atom is -0.485 e. The molecule has 40 heavy (non-hydrogen) atoms. The molecule has 2 saturated carbocycles. The first kappa shape index (κ1) is 30.0. The molecule has 222 valence electrons. The topological polar surface area (TPSA) is 123 Å². The lowest BCUT2D eigenvalue weighted by molar-refractivity contribution is 0.0368. The van der Waals surface area contributed by atoms with Gasteiger partial charge in [0.25, 0.3) is 5.91 Å². The molecule has 3 atom stereocenters. The van der Waals surface area contributed by atoms with Crippen LogP contribution in [0.25, 0.3) is 0 Å². The maximum Gasteiger partial charge on any atom is 0.319 e. The molecule has 0 saturated heterocycles. The molecule has 0 bridgehead atoms. The van der Waals surface area contributed by atoms with Crippen LogP contribution < -0.4 is 20.7 Å². The summed E-state index contributed by atoms with van der Waals surface area (Å²) in [5, 5.41) is 19.1. The Morgan fingerprint density at radius 2 is 1.68 bits per heavy atom. The van der Waals surface area contributed by atoms with Gasteiger partial charge in [0.2, 0.25) is 0 Å². The number of hydrogen-bond donors (Lipinski definition) is 4. The number of aliphatic hydroxyl groups excluding tert-OH is 1. The van der Waals surface area contributed by atoms with Crippen molar-refractivity contribution in [1.29, 1.82) is 0 Å². The van der Waals surface area contributed by atoms with Gasteiger partial charge in [-0.15, -0.1) is 0 Å². The number of benzene rings is 1. The molecule has 10 heteroatoms. The monoisotopic (exact) mass is 557 g/mol. The van der Waals surface area contributed by atoms with Crippen LogP contribution in [-0.4, -0.2) is 83.8 Å². The normalized spacial score (nSPS) is 23.2. The highest BCUT2D eigenvalue weighted by atomic mass is 16.5. The number of rotatable bonds is 7. The lowest BCUT2D eigenvalue weighted by Gasteiger charge is -2.38. The van der Waals surface area contributed by atoms with E-state index in [0.29, 0.717) is 30.1 Å². The van der Waals surface area contributed by atoms with Crippen LogP contribution in [0, 0.1) is 5.92 Å². The summed E-state index contributed by atoms with van der Waals surface area (Å²) in [5.74, 6) is -0.124. The number of aliphatic hydroxyl groups is 1. The van der Waals surface area contributed by atoms with Crippen LogP contribution in [0.3, 0.4) is 0 Å². The molecular weight excluding hydrogens is 510 g/mol. The average Bonchev–Trinajstić information content (AvgIpc) is 2.95. The zero-order valence-corrected chi connectivity index (χ0v) is 24.3. The molecule has 5 amide bonds. The zero-order chi connectivity index (χ0) is 28.6. The number of ether oxygens (including phenoxy) is 1. The molecule has 0 spiro atoms. The van der Waals surface area contributed by atoms with Crippen LogP contribution in [0.1, 0.15) is 88.4 Å². The fourth-order valence-electron chi connectivity index (χ4n) is 6.03. The van der Waals surface area contributed by atoms with Crippen molar-refractivity contribution in [2.45, 2.75) is 102 Å². The summed E-state index contributed by atoms with van der Waals surface area (Å²) in [5.41, 5.74) is 0.728. The van der Waals surface area contributed by atoms with Crippen LogP contribution in [-0.2, 0) is 0 Å². The van der Waals surface area contributed by atoms with Crippen molar-refractivity contribution in [3.05, 3.63) is 23.8 Å². The van der Waals surface area contributed by atoms with Crippen molar-refractivity contribution in [1.82, 2.24) is 20.4 Å². The maximum atomic E-state index is 13.7. The highest BCUT2D eigenvalue weighted by Crippen LogP contribution is 2.35. The summed E-state index contributed by atoms with van der Waals surface area (Å²) in [6.07, 6.45) is 10.3. The van der Waals surface area contributed by atoms with E-state index in [9.17, 15) is 19.5 Å². The number of carbonyl (C=O) groups excluding carboxylic acids is 3. The number of nitrogens with one attached hydrogen (secondary N) is 3. The highest BCUT2D eigenvalue weighted by molar-refractivity contribution is 6.01. The Morgan fingerprint density at radius 3 is 2.30 bits per heavy atom. The second-order valence-corrected chi connectivity index (χ2v) is 11.9. The lowest BCUT2D eigenvalue weighted by Crippen LogP contribution is -2.52. The average molecular weight is 558 g/mol. The summed E-state index contributed by atoms with van der Waals surface area (Å²) >= 11 is 0. The van der Waals surface area contributed by atoms with E-state index in [-0.39, 0.29) is 42.6 Å². The van der Waals surface area contributed by atoms with E-state index in [1.807, 2.05) is 13.8 Å². The standard InChI is InChI=1S/C30H47N5O5/c1-20-17-35(21(2)19-36)28(37)24-15-10-16-25(33-29(38)31-22-11-6-4-7-12-22)27(24)40-26(20)18-34(3)30(39)32-23-13-8-5-9-14-23/h10,15-16,20-23,26,36H,4-9,11-14,17-19H2,1-3H3,(H,32,39)(H2,31,33,38)/t20-,21+,26+/m0/s1. The van der Waals surface area contributed by atoms with Crippen molar-refractivity contribution in [3.63, 3.8) is 0 Å². The predicted molar refractivity (Wildman–Crippen MR) is 155 cm³/mol. The van der Waals surface area contributed by atoms with Gasteiger partial charge < -0.3 is 35.6 Å². The molecule has 1 aromatic carbocycles. The summed E-state index contributed by atoms with van der Waals surface area (Å²) in [7, 11) is 1.76. The Morgan fingerprint density at radius 1 is 1.05 bits per heavy atom. The largest absolute Gasteiger partial charge is 0.485 e. The van der Waals surface area contributed by atoms with E-state index in [2.05, 4.69) is 16.0 Å². The number of nitrogens with zero attached hydrogens (tertiary/aromatic N) is 2. The van der Waals surface area contributed by atoms with E-state index in [0.717, 1.165) is 51.4 Å². The predicted octanol–water partition coefficient (Wildman–Crippen LogP) is 4.34. The van der Waals surface area contributed by atoms with Crippen LogP contribution >= 0.6 is 0 Å². The second-order valence-electron chi connectivity index (χ2n) is 11.9. The number of fused-ring (bicyclic) bond motifs is 1. The number of urea groups is 2. The molecular formula is C30H47N5O5. The molecule has 4 N–H and O–H groups in total. The molecule has 2 aliphatic carbocycles. The van der Waals surface area contributed by atoms with Crippen molar-refractivity contribution < 1.29 is 24.2 Å². The fraction of sp³-hybridized carbons (Fsp3) is 0.700. The Bertz CT molecular complexity index is 1020. The molecule has 0 radical (unpaired) electrons. The van der Waals surface area contributed by atoms with Gasteiger partial charge in [-0.1, -0.05) is 51.5 Å². The molecule has 1 aliphatic heterocycles. The fourth-order valence-corrected chi connectivity index (χ4v) is 6.03. The number of likely N-dealkylation sites (N-methyl/N-ethyl adjacent to an activating group) is 1. The summed E-state index contributed by atoms with van der Waals surface area (Å²) in [6, 6.07) is 4.60. The van der Waals surface area contributed by atoms with Crippen molar-refractivity contribution in [2.24, 2.45) is 5.92 Å². The third kappa shape index (κ3) is 7.59. The summed E-state index contributed by atoms with van der Waals surface area (Å²) in [4.78, 5) is 43.0. The second kappa shape index (κ2) is 14.1. The third-order valence-electron chi connectivity index (χ3n) is 8.61. The number of carbonyl (C=O) groups is 3. The highest BCUT2D eigenvalue weighted by Gasteiger charge is 2.35. The number of para-hydroxylation sites is 1. The van der Waals surface area contributed by atoms with Gasteiger partial charge in [-0.25, -0.2) is 9.59 Å². The van der Waals surface area contributed by atoms with Crippen LogP contribution in [0.2, 0.25) is 0 Å². The number of hydrogen-bond acceptors (Lipinski definition) is 5. The zero-order valence-electron chi connectivity index (χ0n) is 24.3. The first-order valence-corrected chi connectivity index (χ1v) is 15.1. The molecule has 4 rings (SSSR count). The SMILES string of the molecule is C[C@H](CO)N1C[C@H](C)[C@@H](CN(C)C(=O)NC2CCCCC2)Oc2c(NC(=O)NC3CCCCC3)cccc2C1=O. The van der Waals surface area contributed by atoms with Gasteiger partial charge in [0.1, 0.15) is 6.10 Å². The Balaban J connectivity index is 1.56. The Hall–Kier alpha value is -3.01. The van der Waals surface area contributed by atoms with E-state index in [1.54, 1.807) is 35.0 Å². The smallest absolute Gasteiger partial charge is 0.319 e. The molecule has 0 unspecified atom stereocenters. The van der Waals surface area contributed by atoms with E-state index in [1.165, 1.54) is 12.8 Å². The van der Waals surface area contributed by atoms with E-state index >= 15 is 0 Å². The molecule has 2 fully saturated rings. The maximum absolute atomic E-state index is 13.7. The van der Waals surface area contributed by atoms with Crippen LogP contribution in [0.15, 0.2) is 18.2 Å². The van der Waals surface area contributed by atoms with Crippen LogP contribution in [0.4, 0.5) is 15.3 Å². The number of anilines is 1. The van der Waals surface area contributed by atoms with E-state index in [4.69, 9.17) is 4.74 Å². The van der Waals surface area contributed by atoms with E-state index < -0.39 is 12.1 Å². The van der Waals surface area contributed by atoms with Crippen molar-refractivity contribution in [2.75, 3.05) is 32.1 Å². The minimum atomic E-state index is -0.452. The van der Waals surface area contributed by atoms with Gasteiger partial charge in [-0.05, 0) is 44.7 Å². The summed E-state index contributed by atoms with van der Waals surface area (Å²) in [6.45, 7) is 4.29. The van der Waals surface area contributed by atoms with Gasteiger partial charge in [0.15, 0.2) is 5.75 Å². The first-order chi connectivity index (χ1) is 19.3. The quantitative estimate of drug-likeness (QED) is 0.397. The molecule has 10 nitrogen and oxygen atoms in total. The van der Waals surface area contributed by atoms with Gasteiger partial charge in [0.05, 0.1) is 30.4 Å². The van der Waals surface area contributed by atoms with Gasteiger partial charge in [0, 0.05) is 31.6 Å². The third-order valence-corrected chi connectivity index (χ3v) is 8.61. The first-order valence-electron chi connectivity index (χ1n) is 15.1. The molecule has 0 aromatic heterocycles. The molecule has 1 heterocycles. The van der Waals surface area contributed by atoms with Gasteiger partial charge in [-0.2, -0.15) is 0 Å². The molecule has 1 aromatic rings. The molecule has 3 aliphatic rings. The Labute approximate surface area is 238 Å².